The Labute approximate surface area is 215 Å². The van der Waals surface area contributed by atoms with Gasteiger partial charge in [0.2, 0.25) is 5.88 Å². The van der Waals surface area contributed by atoms with E-state index >= 15 is 0 Å². The van der Waals surface area contributed by atoms with Crippen LogP contribution in [0.5, 0.6) is 5.88 Å². The molecule has 0 aliphatic carbocycles. The summed E-state index contributed by atoms with van der Waals surface area (Å²) in [5.74, 6) is 3.47. The Balaban J connectivity index is 0.00000158. The summed E-state index contributed by atoms with van der Waals surface area (Å²) in [4.78, 5) is 0. The summed E-state index contributed by atoms with van der Waals surface area (Å²) in [6, 6.07) is 6.23. The summed E-state index contributed by atoms with van der Waals surface area (Å²) >= 11 is 2.30. The van der Waals surface area contributed by atoms with Gasteiger partial charge in [0.15, 0.2) is 0 Å². The van der Waals surface area contributed by atoms with Crippen LogP contribution in [-0.4, -0.2) is 42.3 Å². The van der Waals surface area contributed by atoms with Gasteiger partial charge in [-0.05, 0) is 59.5 Å². The Kier molecular flexibility index (Phi) is 9.11. The minimum Gasteiger partial charge on any atom is -0.475 e. The van der Waals surface area contributed by atoms with Gasteiger partial charge in [0.1, 0.15) is 12.3 Å². The highest BCUT2D eigenvalue weighted by Gasteiger charge is 2.15. The molecule has 4 rings (SSSR count). The quantitative estimate of drug-likeness (QED) is 0.122. The molecule has 8 nitrogen and oxygen atoms in total. The van der Waals surface area contributed by atoms with Crippen LogP contribution in [0, 0.1) is 26.2 Å². The lowest BCUT2D eigenvalue weighted by atomic mass is 10.0. The van der Waals surface area contributed by atoms with E-state index in [1.165, 1.54) is 0 Å². The lowest BCUT2D eigenvalue weighted by molar-refractivity contribution is 0.0824. The van der Waals surface area contributed by atoms with E-state index in [-0.39, 0.29) is 0 Å². The molecule has 34 heavy (non-hydrogen) atoms. The number of ether oxygens (including phenoxy) is 2. The number of aryl methyl sites for hydroxylation is 3. The van der Waals surface area contributed by atoms with Crippen LogP contribution in [0.15, 0.2) is 24.4 Å². The highest BCUT2D eigenvalue weighted by Crippen LogP contribution is 2.33. The molecule has 0 aliphatic heterocycles. The Morgan fingerprint density at radius 3 is 2.53 bits per heavy atom. The van der Waals surface area contributed by atoms with Crippen LogP contribution in [0.4, 0.5) is 0 Å². The van der Waals surface area contributed by atoms with E-state index in [1.54, 1.807) is 4.68 Å². The number of halogens is 1. The summed E-state index contributed by atoms with van der Waals surface area (Å²) in [6.07, 6.45) is 8.03. The van der Waals surface area contributed by atoms with Gasteiger partial charge in [-0.15, -0.1) is 6.42 Å². The van der Waals surface area contributed by atoms with E-state index in [4.69, 9.17) is 15.9 Å². The minimum atomic E-state index is 0.424. The molecule has 0 N–H and O–H groups in total. The van der Waals surface area contributed by atoms with Crippen LogP contribution < -0.4 is 4.74 Å². The second-order valence-electron chi connectivity index (χ2n) is 7.39. The molecule has 0 spiro atoms. The summed E-state index contributed by atoms with van der Waals surface area (Å²) in [7, 11) is 3.80. The molecule has 0 aliphatic rings. The summed E-state index contributed by atoms with van der Waals surface area (Å²) in [5.41, 5.74) is 6.75. The van der Waals surface area contributed by atoms with Crippen LogP contribution in [0.2, 0.25) is 0 Å². The second kappa shape index (κ2) is 11.8. The minimum absolute atomic E-state index is 0.424. The van der Waals surface area contributed by atoms with Gasteiger partial charge in [-0.2, -0.15) is 15.3 Å². The predicted octanol–water partition coefficient (Wildman–Crippen LogP) is 5.18. The Morgan fingerprint density at radius 2 is 1.88 bits per heavy atom. The van der Waals surface area contributed by atoms with Crippen LogP contribution in [-0.2, 0) is 25.4 Å². The first-order valence-electron chi connectivity index (χ1n) is 11.0. The number of benzene rings is 1. The Bertz CT molecular complexity index is 1320. The van der Waals surface area contributed by atoms with E-state index in [2.05, 4.69) is 61.5 Å². The fourth-order valence-corrected chi connectivity index (χ4v) is 5.17. The molecule has 0 bridgehead atoms. The van der Waals surface area contributed by atoms with Crippen molar-refractivity contribution >= 4 is 39.3 Å². The zero-order chi connectivity index (χ0) is 24.8. The summed E-state index contributed by atoms with van der Waals surface area (Å²) < 4.78 is 17.3. The van der Waals surface area contributed by atoms with Crippen molar-refractivity contribution in [3.63, 3.8) is 0 Å². The molecule has 10 heteroatoms. The largest absolute Gasteiger partial charge is 0.475 e. The van der Waals surface area contributed by atoms with Crippen molar-refractivity contribution in [3.8, 4) is 29.4 Å². The van der Waals surface area contributed by atoms with Gasteiger partial charge in [-0.25, -0.2) is 9.13 Å². The number of hydrogen-bond donors (Lipinski definition) is 0. The van der Waals surface area contributed by atoms with Gasteiger partial charge in [0, 0.05) is 30.6 Å². The maximum atomic E-state index is 5.92. The van der Waals surface area contributed by atoms with Crippen molar-refractivity contribution in [2.45, 2.75) is 34.3 Å². The van der Waals surface area contributed by atoms with Gasteiger partial charge in [-0.1, -0.05) is 19.9 Å². The van der Waals surface area contributed by atoms with Crippen molar-refractivity contribution in [1.82, 2.24) is 29.1 Å². The standard InChI is InChI=1S/C22H24IN6O2P.C2H6/c1-6-19-17-11-16(7-8-20(17)29(26-19)32-23)18-12-24-27(4)21(18)13-30-9-10-31-22-14(2)15(3)25-28(22)5;1-2/h1,7-8,11-12,32H,9-10,13H2,2-5H3;1-2H3. The third kappa shape index (κ3) is 5.29. The van der Waals surface area contributed by atoms with Crippen molar-refractivity contribution in [2.75, 3.05) is 13.2 Å². The van der Waals surface area contributed by atoms with E-state index in [9.17, 15) is 0 Å². The topological polar surface area (TPSA) is 71.9 Å². The van der Waals surface area contributed by atoms with Crippen molar-refractivity contribution < 1.29 is 9.47 Å². The lowest BCUT2D eigenvalue weighted by Crippen LogP contribution is -2.11. The van der Waals surface area contributed by atoms with Crippen molar-refractivity contribution in [2.24, 2.45) is 14.1 Å². The number of terminal acetylenes is 1. The fourth-order valence-electron chi connectivity index (χ4n) is 3.64. The van der Waals surface area contributed by atoms with E-state index in [0.29, 0.717) is 31.9 Å². The molecule has 1 aromatic carbocycles. The Hall–Kier alpha value is -2.41. The molecule has 180 valence electrons. The number of fused-ring (bicyclic) bond motifs is 1. The molecular formula is C24H30IN6O2P. The molecule has 3 heterocycles. The number of rotatable bonds is 8. The first-order chi connectivity index (χ1) is 16.4. The van der Waals surface area contributed by atoms with Crippen LogP contribution in [0.1, 0.15) is 36.5 Å². The highest BCUT2D eigenvalue weighted by atomic mass is 127. The van der Waals surface area contributed by atoms with Gasteiger partial charge in [0.05, 0.1) is 42.7 Å². The van der Waals surface area contributed by atoms with Crippen molar-refractivity contribution in [3.05, 3.63) is 47.0 Å². The molecule has 0 amide bonds. The Morgan fingerprint density at radius 1 is 1.12 bits per heavy atom. The third-order valence-corrected chi connectivity index (χ3v) is 7.30. The third-order valence-electron chi connectivity index (χ3n) is 5.43. The van der Waals surface area contributed by atoms with Crippen LogP contribution in [0.25, 0.3) is 22.0 Å². The average molecular weight is 592 g/mol. The molecule has 0 fully saturated rings. The zero-order valence-electron chi connectivity index (χ0n) is 20.4. The van der Waals surface area contributed by atoms with Crippen molar-refractivity contribution in [1.29, 1.82) is 0 Å². The highest BCUT2D eigenvalue weighted by molar-refractivity contribution is 14.2. The van der Waals surface area contributed by atoms with E-state index in [0.717, 1.165) is 44.9 Å². The van der Waals surface area contributed by atoms with E-state index in [1.807, 2.05) is 57.1 Å². The van der Waals surface area contributed by atoms with Crippen LogP contribution in [0.3, 0.4) is 0 Å². The molecule has 0 saturated carbocycles. The summed E-state index contributed by atoms with van der Waals surface area (Å²) in [6.45, 7) is 9.30. The summed E-state index contributed by atoms with van der Waals surface area (Å²) in [5, 5.41) is 14.3. The SMILES string of the molecule is C#Cc1nn(PI)c2ccc(-c3cnn(C)c3COCCOc3c(C)c(C)nn3C)cc12.CC. The van der Waals surface area contributed by atoms with Gasteiger partial charge in [-0.3, -0.25) is 4.68 Å². The number of nitrogens with zero attached hydrogens (tertiary/aromatic N) is 6. The second-order valence-corrected chi connectivity index (χ2v) is 9.43. The molecule has 3 aromatic heterocycles. The number of aromatic nitrogens is 6. The molecule has 0 radical (unpaired) electrons. The molecule has 0 saturated heterocycles. The van der Waals surface area contributed by atoms with Gasteiger partial charge >= 0.3 is 0 Å². The van der Waals surface area contributed by atoms with Gasteiger partial charge < -0.3 is 9.47 Å². The molecular weight excluding hydrogens is 562 g/mol. The maximum Gasteiger partial charge on any atom is 0.214 e. The van der Waals surface area contributed by atoms with Crippen LogP contribution >= 0.6 is 28.4 Å². The molecule has 4 aromatic rings. The average Bonchev–Trinajstić information content (AvgIpc) is 3.48. The fraction of sp³-hybridized carbons (Fsp3) is 0.375. The molecule has 1 unspecified atom stereocenters. The smallest absolute Gasteiger partial charge is 0.214 e. The predicted molar refractivity (Wildman–Crippen MR) is 147 cm³/mol. The molecule has 1 atom stereocenters. The first kappa shape index (κ1) is 26.2. The van der Waals surface area contributed by atoms with E-state index < -0.39 is 0 Å². The lowest BCUT2D eigenvalue weighted by Gasteiger charge is -2.10. The number of hydrogen-bond acceptors (Lipinski definition) is 5. The normalized spacial score (nSPS) is 11.1. The first-order valence-corrected chi connectivity index (χ1v) is 15.1. The maximum absolute atomic E-state index is 5.92. The van der Waals surface area contributed by atoms with Gasteiger partial charge in [0.25, 0.3) is 0 Å². The zero-order valence-corrected chi connectivity index (χ0v) is 23.5. The monoisotopic (exact) mass is 592 g/mol.